The van der Waals surface area contributed by atoms with E-state index in [1.807, 2.05) is 11.9 Å². The standard InChI is InChI=1S/C11H17N5O/c1-15(11-9(12)6-13-8-14-11)7-10(17)16-4-2-3-5-16/h6,8H,2-5,7,12H2,1H3. The van der Waals surface area contributed by atoms with Crippen LogP contribution in [0, 0.1) is 0 Å². The van der Waals surface area contributed by atoms with Gasteiger partial charge >= 0.3 is 0 Å². The van der Waals surface area contributed by atoms with Crippen LogP contribution in [0.15, 0.2) is 12.5 Å². The van der Waals surface area contributed by atoms with Crippen LogP contribution < -0.4 is 10.6 Å². The zero-order chi connectivity index (χ0) is 12.3. The molecule has 1 aliphatic rings. The van der Waals surface area contributed by atoms with E-state index >= 15 is 0 Å². The van der Waals surface area contributed by atoms with Gasteiger partial charge in [0.2, 0.25) is 5.91 Å². The lowest BCUT2D eigenvalue weighted by atomic mass is 10.4. The molecule has 2 N–H and O–H groups in total. The van der Waals surface area contributed by atoms with Crippen LogP contribution in [0.5, 0.6) is 0 Å². The lowest BCUT2D eigenvalue weighted by Gasteiger charge is -2.22. The molecule has 0 aromatic carbocycles. The lowest BCUT2D eigenvalue weighted by Crippen LogP contribution is -2.37. The van der Waals surface area contributed by atoms with Crippen molar-refractivity contribution in [1.82, 2.24) is 14.9 Å². The average molecular weight is 235 g/mol. The summed E-state index contributed by atoms with van der Waals surface area (Å²) in [6, 6.07) is 0. The van der Waals surface area contributed by atoms with Crippen LogP contribution in [-0.4, -0.2) is 47.5 Å². The van der Waals surface area contributed by atoms with Crippen molar-refractivity contribution in [3.05, 3.63) is 12.5 Å². The maximum atomic E-state index is 11.9. The molecule has 0 atom stereocenters. The molecule has 0 unspecified atom stereocenters. The van der Waals surface area contributed by atoms with Gasteiger partial charge in [-0.15, -0.1) is 0 Å². The first kappa shape index (κ1) is 11.6. The highest BCUT2D eigenvalue weighted by Crippen LogP contribution is 2.16. The fourth-order valence-electron chi connectivity index (χ4n) is 2.00. The molecule has 0 spiro atoms. The largest absolute Gasteiger partial charge is 0.394 e. The second-order valence-electron chi connectivity index (χ2n) is 4.25. The number of rotatable bonds is 3. The summed E-state index contributed by atoms with van der Waals surface area (Å²) >= 11 is 0. The number of aromatic nitrogens is 2. The van der Waals surface area contributed by atoms with Gasteiger partial charge in [0.25, 0.3) is 0 Å². The van der Waals surface area contributed by atoms with Gasteiger partial charge in [0.1, 0.15) is 6.33 Å². The van der Waals surface area contributed by atoms with E-state index in [0.717, 1.165) is 25.9 Å². The Hall–Kier alpha value is -1.85. The fourth-order valence-corrected chi connectivity index (χ4v) is 2.00. The minimum atomic E-state index is 0.128. The summed E-state index contributed by atoms with van der Waals surface area (Å²) in [5.41, 5.74) is 6.25. The maximum Gasteiger partial charge on any atom is 0.242 e. The predicted octanol–water partition coefficient (Wildman–Crippen LogP) is 0.117. The van der Waals surface area contributed by atoms with E-state index in [-0.39, 0.29) is 5.91 Å². The molecule has 1 aliphatic heterocycles. The number of carbonyl (C=O) groups is 1. The van der Waals surface area contributed by atoms with Crippen LogP contribution in [0.1, 0.15) is 12.8 Å². The van der Waals surface area contributed by atoms with Gasteiger partial charge in [0.05, 0.1) is 18.4 Å². The third-order valence-electron chi connectivity index (χ3n) is 2.91. The van der Waals surface area contributed by atoms with E-state index in [1.54, 1.807) is 11.1 Å². The van der Waals surface area contributed by atoms with Crippen molar-refractivity contribution in [2.75, 3.05) is 37.3 Å². The minimum Gasteiger partial charge on any atom is -0.394 e. The first-order valence-corrected chi connectivity index (χ1v) is 5.73. The number of nitrogen functional groups attached to an aromatic ring is 1. The Kier molecular flexibility index (Phi) is 3.41. The Morgan fingerprint density at radius 1 is 1.53 bits per heavy atom. The van der Waals surface area contributed by atoms with Crippen LogP contribution >= 0.6 is 0 Å². The SMILES string of the molecule is CN(CC(=O)N1CCCC1)c1ncncc1N. The smallest absolute Gasteiger partial charge is 0.242 e. The van der Waals surface area contributed by atoms with Gasteiger partial charge in [0, 0.05) is 20.1 Å². The van der Waals surface area contributed by atoms with Crippen molar-refractivity contribution in [2.45, 2.75) is 12.8 Å². The molecule has 17 heavy (non-hydrogen) atoms. The van der Waals surface area contributed by atoms with Gasteiger partial charge in [0.15, 0.2) is 5.82 Å². The number of carbonyl (C=O) groups excluding carboxylic acids is 1. The Bertz CT molecular complexity index is 403. The fraction of sp³-hybridized carbons (Fsp3) is 0.545. The van der Waals surface area contributed by atoms with Crippen molar-refractivity contribution in [2.24, 2.45) is 0 Å². The maximum absolute atomic E-state index is 11.9. The Morgan fingerprint density at radius 2 is 2.24 bits per heavy atom. The first-order chi connectivity index (χ1) is 8.18. The Morgan fingerprint density at radius 3 is 2.88 bits per heavy atom. The summed E-state index contributed by atoms with van der Waals surface area (Å²) in [4.78, 5) is 23.5. The van der Waals surface area contributed by atoms with E-state index in [2.05, 4.69) is 9.97 Å². The Balaban J connectivity index is 1.99. The molecule has 0 saturated carbocycles. The Labute approximate surface area is 100 Å². The van der Waals surface area contributed by atoms with Gasteiger partial charge < -0.3 is 15.5 Å². The van der Waals surface area contributed by atoms with Crippen LogP contribution in [0.25, 0.3) is 0 Å². The number of nitrogens with zero attached hydrogens (tertiary/aromatic N) is 4. The highest BCUT2D eigenvalue weighted by atomic mass is 16.2. The molecular weight excluding hydrogens is 218 g/mol. The number of hydrogen-bond donors (Lipinski definition) is 1. The summed E-state index contributed by atoms with van der Waals surface area (Å²) in [5, 5.41) is 0. The molecule has 1 fully saturated rings. The molecule has 0 aliphatic carbocycles. The van der Waals surface area contributed by atoms with Crippen LogP contribution in [0.4, 0.5) is 11.5 Å². The third-order valence-corrected chi connectivity index (χ3v) is 2.91. The predicted molar refractivity (Wildman–Crippen MR) is 65.5 cm³/mol. The monoisotopic (exact) mass is 235 g/mol. The summed E-state index contributed by atoms with van der Waals surface area (Å²) in [6.45, 7) is 2.04. The van der Waals surface area contributed by atoms with Crippen molar-refractivity contribution < 1.29 is 4.79 Å². The molecule has 1 aromatic rings. The number of nitrogens with two attached hydrogens (primary N) is 1. The van der Waals surface area contributed by atoms with E-state index in [0.29, 0.717) is 18.1 Å². The van der Waals surface area contributed by atoms with E-state index in [4.69, 9.17) is 5.73 Å². The summed E-state index contributed by atoms with van der Waals surface area (Å²) in [6.07, 6.45) is 5.18. The van der Waals surface area contributed by atoms with Crippen molar-refractivity contribution in [3.8, 4) is 0 Å². The van der Waals surface area contributed by atoms with Crippen molar-refractivity contribution in [3.63, 3.8) is 0 Å². The molecule has 6 heteroatoms. The van der Waals surface area contributed by atoms with E-state index in [9.17, 15) is 4.79 Å². The quantitative estimate of drug-likeness (QED) is 0.805. The normalized spacial score (nSPS) is 15.0. The molecular formula is C11H17N5O. The molecule has 2 heterocycles. The van der Waals surface area contributed by atoms with E-state index < -0.39 is 0 Å². The van der Waals surface area contributed by atoms with Gasteiger partial charge in [-0.25, -0.2) is 9.97 Å². The summed E-state index contributed by atoms with van der Waals surface area (Å²) < 4.78 is 0. The summed E-state index contributed by atoms with van der Waals surface area (Å²) in [7, 11) is 1.81. The van der Waals surface area contributed by atoms with Crippen LogP contribution in [0.3, 0.4) is 0 Å². The number of likely N-dealkylation sites (N-methyl/N-ethyl adjacent to an activating group) is 1. The molecule has 1 aromatic heterocycles. The number of anilines is 2. The van der Waals surface area contributed by atoms with Gasteiger partial charge in [-0.2, -0.15) is 0 Å². The third kappa shape index (κ3) is 2.64. The molecule has 2 rings (SSSR count). The van der Waals surface area contributed by atoms with Gasteiger partial charge in [-0.05, 0) is 12.8 Å². The lowest BCUT2D eigenvalue weighted by molar-refractivity contribution is -0.128. The zero-order valence-corrected chi connectivity index (χ0v) is 9.96. The highest BCUT2D eigenvalue weighted by Gasteiger charge is 2.20. The van der Waals surface area contributed by atoms with Crippen molar-refractivity contribution >= 4 is 17.4 Å². The minimum absolute atomic E-state index is 0.128. The molecule has 1 amide bonds. The van der Waals surface area contributed by atoms with Gasteiger partial charge in [-0.3, -0.25) is 4.79 Å². The number of amides is 1. The van der Waals surface area contributed by atoms with Crippen molar-refractivity contribution in [1.29, 1.82) is 0 Å². The second-order valence-corrected chi connectivity index (χ2v) is 4.25. The van der Waals surface area contributed by atoms with Crippen LogP contribution in [-0.2, 0) is 4.79 Å². The molecule has 0 bridgehead atoms. The molecule has 1 saturated heterocycles. The number of hydrogen-bond acceptors (Lipinski definition) is 5. The second kappa shape index (κ2) is 4.99. The highest BCUT2D eigenvalue weighted by molar-refractivity contribution is 5.82. The van der Waals surface area contributed by atoms with Gasteiger partial charge in [-0.1, -0.05) is 0 Å². The molecule has 6 nitrogen and oxygen atoms in total. The topological polar surface area (TPSA) is 75.4 Å². The van der Waals surface area contributed by atoms with E-state index in [1.165, 1.54) is 6.33 Å². The zero-order valence-electron chi connectivity index (χ0n) is 9.96. The summed E-state index contributed by atoms with van der Waals surface area (Å²) in [5.74, 6) is 0.732. The first-order valence-electron chi connectivity index (χ1n) is 5.73. The average Bonchev–Trinajstić information content (AvgIpc) is 2.82. The number of likely N-dealkylation sites (tertiary alicyclic amines) is 1. The molecule has 92 valence electrons. The molecule has 0 radical (unpaired) electrons. The van der Waals surface area contributed by atoms with Crippen LogP contribution in [0.2, 0.25) is 0 Å².